The van der Waals surface area contributed by atoms with Crippen molar-refractivity contribution >= 4 is 17.5 Å². The molecule has 1 aliphatic carbocycles. The van der Waals surface area contributed by atoms with Crippen LogP contribution in [0, 0.1) is 11.3 Å². The number of piperidine rings is 3. The molecule has 5 saturated heterocycles. The van der Waals surface area contributed by atoms with Gasteiger partial charge in [0.25, 0.3) is 0 Å². The number of hydrogen-bond acceptors (Lipinski definition) is 4. The Bertz CT molecular complexity index is 1160. The second-order valence-electron chi connectivity index (χ2n) is 12.9. The van der Waals surface area contributed by atoms with Crippen LogP contribution >= 0.6 is 0 Å². The van der Waals surface area contributed by atoms with Gasteiger partial charge in [-0.05, 0) is 68.0 Å². The monoisotopic (exact) mass is 447 g/mol. The van der Waals surface area contributed by atoms with Crippen molar-refractivity contribution in [1.29, 1.82) is 0 Å². The van der Waals surface area contributed by atoms with E-state index < -0.39 is 5.41 Å². The number of para-hydroxylation sites is 1. The van der Waals surface area contributed by atoms with Crippen molar-refractivity contribution in [2.24, 2.45) is 11.3 Å². The molecular weight excluding hydrogens is 414 g/mol. The van der Waals surface area contributed by atoms with Crippen molar-refractivity contribution in [1.82, 2.24) is 10.2 Å². The van der Waals surface area contributed by atoms with E-state index in [4.69, 9.17) is 4.74 Å². The summed E-state index contributed by atoms with van der Waals surface area (Å²) in [5.74, 6) is 0.752. The highest BCUT2D eigenvalue weighted by Crippen LogP contribution is 2.71. The van der Waals surface area contributed by atoms with Crippen LogP contribution in [0.5, 0.6) is 0 Å². The number of hydrogen-bond donors (Lipinski definition) is 1. The van der Waals surface area contributed by atoms with Crippen LogP contribution < -0.4 is 10.2 Å². The van der Waals surface area contributed by atoms with Crippen LogP contribution in [0.2, 0.25) is 0 Å². The Hall–Kier alpha value is -1.92. The van der Waals surface area contributed by atoms with Gasteiger partial charge in [0.15, 0.2) is 0 Å². The molecule has 6 atom stereocenters. The molecule has 6 heteroatoms. The Labute approximate surface area is 195 Å². The maximum absolute atomic E-state index is 14.6. The average Bonchev–Trinajstić information content (AvgIpc) is 3.31. The van der Waals surface area contributed by atoms with E-state index >= 15 is 0 Å². The fourth-order valence-electron chi connectivity index (χ4n) is 9.54. The normalized spacial score (nSPS) is 48.2. The van der Waals surface area contributed by atoms with Crippen molar-refractivity contribution in [3.8, 4) is 0 Å². The number of benzene rings is 1. The standard InChI is InChI=1S/C27H33N3O3/c1-23(2)18-12-26-9-4-5-10-29(26)15-25(18,28-21(26)31)13-27(23)17-8-6-7-16-11-19-24(3,33-19)14-30(20(16)17)22(27)32/h6-8,18-19H,4-5,9-15H2,1-3H3,(H,28,31). The smallest absolute Gasteiger partial charge is 0.241 e. The second kappa shape index (κ2) is 5.33. The molecule has 6 nitrogen and oxygen atoms in total. The summed E-state index contributed by atoms with van der Waals surface area (Å²) in [5, 5.41) is 3.56. The van der Waals surface area contributed by atoms with E-state index in [0.717, 1.165) is 44.5 Å². The van der Waals surface area contributed by atoms with Gasteiger partial charge < -0.3 is 15.0 Å². The number of fused-ring (bicyclic) bond motifs is 3. The summed E-state index contributed by atoms with van der Waals surface area (Å²) in [7, 11) is 0. The van der Waals surface area contributed by atoms with Crippen LogP contribution in [0.3, 0.4) is 0 Å². The average molecular weight is 448 g/mol. The first-order valence-electron chi connectivity index (χ1n) is 12.9. The number of amides is 2. The van der Waals surface area contributed by atoms with Gasteiger partial charge in [-0.1, -0.05) is 32.0 Å². The lowest BCUT2D eigenvalue weighted by atomic mass is 9.56. The fraction of sp³-hybridized carbons (Fsp3) is 0.704. The number of ether oxygens (including phenoxy) is 1. The Kier molecular flexibility index (Phi) is 3.13. The number of carbonyl (C=O) groups excluding carboxylic acids is 2. The van der Waals surface area contributed by atoms with E-state index in [1.165, 1.54) is 17.5 Å². The quantitative estimate of drug-likeness (QED) is 0.621. The molecule has 7 heterocycles. The van der Waals surface area contributed by atoms with Crippen LogP contribution in [0.1, 0.15) is 64.0 Å². The van der Waals surface area contributed by atoms with E-state index in [-0.39, 0.29) is 40.0 Å². The van der Waals surface area contributed by atoms with E-state index in [2.05, 4.69) is 54.1 Å². The zero-order valence-electron chi connectivity index (χ0n) is 19.9. The molecule has 33 heavy (non-hydrogen) atoms. The highest BCUT2D eigenvalue weighted by Gasteiger charge is 2.78. The molecule has 0 aromatic heterocycles. The predicted molar refractivity (Wildman–Crippen MR) is 123 cm³/mol. The molecule has 0 radical (unpaired) electrons. The van der Waals surface area contributed by atoms with Crippen molar-refractivity contribution in [3.63, 3.8) is 0 Å². The first-order chi connectivity index (χ1) is 15.7. The van der Waals surface area contributed by atoms with Gasteiger partial charge in [0.05, 0.1) is 29.3 Å². The van der Waals surface area contributed by atoms with E-state index in [1.54, 1.807) is 0 Å². The number of nitrogens with zero attached hydrogens (tertiary/aromatic N) is 2. The molecule has 7 aliphatic heterocycles. The lowest BCUT2D eigenvalue weighted by Gasteiger charge is -2.63. The van der Waals surface area contributed by atoms with Gasteiger partial charge >= 0.3 is 0 Å². The SMILES string of the molecule is CC12CN3C(=O)C4(CC56CN7CCCCC7(CC5C4(C)C)C(=O)N6)c4cccc(c43)CC1O2. The van der Waals surface area contributed by atoms with Crippen molar-refractivity contribution in [2.45, 2.75) is 87.5 Å². The largest absolute Gasteiger partial charge is 0.364 e. The lowest BCUT2D eigenvalue weighted by molar-refractivity contribution is -0.167. The summed E-state index contributed by atoms with van der Waals surface area (Å²) in [6, 6.07) is 6.55. The van der Waals surface area contributed by atoms with E-state index in [9.17, 15) is 9.59 Å². The summed E-state index contributed by atoms with van der Waals surface area (Å²) in [5.41, 5.74) is 1.82. The molecule has 1 aromatic rings. The van der Waals surface area contributed by atoms with Crippen LogP contribution in [0.15, 0.2) is 18.2 Å². The molecule has 8 aliphatic rings. The zero-order chi connectivity index (χ0) is 22.6. The second-order valence-corrected chi connectivity index (χ2v) is 12.9. The first kappa shape index (κ1) is 19.4. The highest BCUT2D eigenvalue weighted by molar-refractivity contribution is 6.10. The minimum atomic E-state index is -0.603. The number of epoxide rings is 1. The molecule has 174 valence electrons. The van der Waals surface area contributed by atoms with Crippen molar-refractivity contribution in [3.05, 3.63) is 29.3 Å². The molecule has 1 aromatic carbocycles. The maximum Gasteiger partial charge on any atom is 0.241 e. The highest BCUT2D eigenvalue weighted by atomic mass is 16.6. The minimum Gasteiger partial charge on any atom is -0.364 e. The predicted octanol–water partition coefficient (Wildman–Crippen LogP) is 2.53. The van der Waals surface area contributed by atoms with Crippen LogP contribution in [0.4, 0.5) is 5.69 Å². The molecule has 2 amide bonds. The van der Waals surface area contributed by atoms with E-state index in [0.29, 0.717) is 18.9 Å². The third kappa shape index (κ3) is 1.89. The first-order valence-corrected chi connectivity index (χ1v) is 12.9. The molecule has 3 spiro atoms. The molecule has 6 unspecified atom stereocenters. The summed E-state index contributed by atoms with van der Waals surface area (Å²) in [6.45, 7) is 9.33. The Morgan fingerprint density at radius 3 is 2.82 bits per heavy atom. The Balaban J connectivity index is 1.33. The number of nitrogens with one attached hydrogen (secondary N) is 1. The molecule has 9 rings (SSSR count). The maximum atomic E-state index is 14.6. The number of piperazine rings is 1. The zero-order valence-corrected chi connectivity index (χ0v) is 19.9. The summed E-state index contributed by atoms with van der Waals surface area (Å²) >= 11 is 0. The van der Waals surface area contributed by atoms with Gasteiger partial charge in [0.1, 0.15) is 11.1 Å². The van der Waals surface area contributed by atoms with Gasteiger partial charge in [0.2, 0.25) is 11.8 Å². The van der Waals surface area contributed by atoms with Crippen molar-refractivity contribution in [2.75, 3.05) is 24.5 Å². The molecule has 1 N–H and O–H groups in total. The molecule has 1 saturated carbocycles. The molecular formula is C27H33N3O3. The number of carbonyl (C=O) groups is 2. The number of anilines is 1. The summed E-state index contributed by atoms with van der Waals surface area (Å²) in [6.07, 6.45) is 5.92. The Morgan fingerprint density at radius 1 is 1.12 bits per heavy atom. The number of rotatable bonds is 0. The van der Waals surface area contributed by atoms with Crippen LogP contribution in [-0.2, 0) is 26.2 Å². The van der Waals surface area contributed by atoms with E-state index in [1.807, 2.05) is 0 Å². The van der Waals surface area contributed by atoms with Crippen molar-refractivity contribution < 1.29 is 14.3 Å². The van der Waals surface area contributed by atoms with Gasteiger partial charge in [0, 0.05) is 13.0 Å². The lowest BCUT2D eigenvalue weighted by Crippen LogP contribution is -2.80. The Morgan fingerprint density at radius 2 is 1.97 bits per heavy atom. The molecule has 2 bridgehead atoms. The van der Waals surface area contributed by atoms with Gasteiger partial charge in [-0.15, -0.1) is 0 Å². The van der Waals surface area contributed by atoms with Gasteiger partial charge in [-0.3, -0.25) is 14.5 Å². The third-order valence-electron chi connectivity index (χ3n) is 11.3. The fourth-order valence-corrected chi connectivity index (χ4v) is 9.54. The molecule has 6 fully saturated rings. The van der Waals surface area contributed by atoms with Crippen LogP contribution in [-0.4, -0.2) is 59.1 Å². The minimum absolute atomic E-state index is 0.209. The summed E-state index contributed by atoms with van der Waals surface area (Å²) in [4.78, 5) is 32.7. The topological polar surface area (TPSA) is 65.2 Å². The van der Waals surface area contributed by atoms with Gasteiger partial charge in [-0.25, -0.2) is 0 Å². The van der Waals surface area contributed by atoms with Gasteiger partial charge in [-0.2, -0.15) is 0 Å². The third-order valence-corrected chi connectivity index (χ3v) is 11.3. The summed E-state index contributed by atoms with van der Waals surface area (Å²) < 4.78 is 6.07. The van der Waals surface area contributed by atoms with Crippen LogP contribution in [0.25, 0.3) is 0 Å².